The summed E-state index contributed by atoms with van der Waals surface area (Å²) in [6.07, 6.45) is 0.900. The van der Waals surface area contributed by atoms with E-state index in [4.69, 9.17) is 0 Å². The number of rotatable bonds is 3. The number of amides is 4. The summed E-state index contributed by atoms with van der Waals surface area (Å²) >= 11 is 1.47. The van der Waals surface area contributed by atoms with E-state index < -0.39 is 0 Å². The minimum Gasteiger partial charge on any atom is -0.338 e. The molecular weight excluding hydrogens is 340 g/mol. The molecule has 0 aromatic heterocycles. The van der Waals surface area contributed by atoms with Crippen molar-refractivity contribution >= 4 is 35.3 Å². The van der Waals surface area contributed by atoms with Crippen LogP contribution in [0.3, 0.4) is 0 Å². The molecular formula is C17H22N4O3S. The zero-order valence-electron chi connectivity index (χ0n) is 14.2. The van der Waals surface area contributed by atoms with E-state index in [1.54, 1.807) is 21.9 Å². The number of urea groups is 1. The summed E-state index contributed by atoms with van der Waals surface area (Å²) in [7, 11) is 0. The van der Waals surface area contributed by atoms with Crippen LogP contribution in [0, 0.1) is 0 Å². The first kappa shape index (κ1) is 17.6. The summed E-state index contributed by atoms with van der Waals surface area (Å²) in [4.78, 5) is 40.7. The van der Waals surface area contributed by atoms with E-state index in [1.807, 2.05) is 13.0 Å². The molecule has 1 aromatic rings. The Morgan fingerprint density at radius 3 is 2.64 bits per heavy atom. The van der Waals surface area contributed by atoms with E-state index in [0.29, 0.717) is 49.7 Å². The normalized spacial score (nSPS) is 16.9. The topological polar surface area (TPSA) is 81.8 Å². The van der Waals surface area contributed by atoms with Gasteiger partial charge >= 0.3 is 6.03 Å². The lowest BCUT2D eigenvalue weighted by Gasteiger charge is -2.35. The molecule has 2 aliphatic rings. The number of nitrogens with zero attached hydrogens (tertiary/aromatic N) is 2. The molecule has 2 heterocycles. The zero-order chi connectivity index (χ0) is 17.8. The Bertz CT molecular complexity index is 686. The summed E-state index contributed by atoms with van der Waals surface area (Å²) in [6, 6.07) is 5.34. The van der Waals surface area contributed by atoms with Crippen LogP contribution in [0.4, 0.5) is 10.5 Å². The lowest BCUT2D eigenvalue weighted by Crippen LogP contribution is -2.53. The highest BCUT2D eigenvalue weighted by Crippen LogP contribution is 2.32. The standard InChI is InChI=1S/C17H22N4O3S/c1-2-5-18-17(24)21-8-6-20(7-9-21)16(23)12-3-4-14-13(10-12)19-15(22)11-25-14/h3-4,10H,2,5-9,11H2,1H3,(H,18,24)(H,19,22). The van der Waals surface area contributed by atoms with Gasteiger partial charge in [-0.2, -0.15) is 0 Å². The van der Waals surface area contributed by atoms with Gasteiger partial charge in [0.25, 0.3) is 5.91 Å². The monoisotopic (exact) mass is 362 g/mol. The molecule has 3 rings (SSSR count). The van der Waals surface area contributed by atoms with Crippen LogP contribution >= 0.6 is 11.8 Å². The number of benzene rings is 1. The van der Waals surface area contributed by atoms with Gasteiger partial charge in [0.1, 0.15) is 0 Å². The second-order valence-electron chi connectivity index (χ2n) is 6.06. The van der Waals surface area contributed by atoms with Gasteiger partial charge in [-0.05, 0) is 24.6 Å². The number of thioether (sulfide) groups is 1. The van der Waals surface area contributed by atoms with E-state index in [9.17, 15) is 14.4 Å². The second kappa shape index (κ2) is 7.77. The van der Waals surface area contributed by atoms with E-state index in [0.717, 1.165) is 11.3 Å². The van der Waals surface area contributed by atoms with Crippen molar-refractivity contribution in [1.29, 1.82) is 0 Å². The van der Waals surface area contributed by atoms with Crippen LogP contribution in [0.1, 0.15) is 23.7 Å². The van der Waals surface area contributed by atoms with Crippen LogP contribution in [0.2, 0.25) is 0 Å². The fourth-order valence-corrected chi connectivity index (χ4v) is 3.64. The van der Waals surface area contributed by atoms with E-state index in [2.05, 4.69) is 10.6 Å². The zero-order valence-corrected chi connectivity index (χ0v) is 15.0. The van der Waals surface area contributed by atoms with E-state index >= 15 is 0 Å². The molecule has 8 heteroatoms. The molecule has 0 saturated carbocycles. The van der Waals surface area contributed by atoms with Crippen LogP contribution in [0.25, 0.3) is 0 Å². The number of piperazine rings is 1. The van der Waals surface area contributed by atoms with Gasteiger partial charge in [0.05, 0.1) is 11.4 Å². The largest absolute Gasteiger partial charge is 0.338 e. The SMILES string of the molecule is CCCNC(=O)N1CCN(C(=O)c2ccc3c(c2)NC(=O)CS3)CC1. The molecule has 0 aliphatic carbocycles. The number of nitrogens with one attached hydrogen (secondary N) is 2. The molecule has 7 nitrogen and oxygen atoms in total. The van der Waals surface area contributed by atoms with Crippen molar-refractivity contribution in [2.45, 2.75) is 18.2 Å². The first-order valence-corrected chi connectivity index (χ1v) is 9.46. The molecule has 134 valence electrons. The van der Waals surface area contributed by atoms with Crippen LogP contribution in [0.5, 0.6) is 0 Å². The first-order chi connectivity index (χ1) is 12.1. The van der Waals surface area contributed by atoms with Crippen molar-refractivity contribution in [3.8, 4) is 0 Å². The summed E-state index contributed by atoms with van der Waals surface area (Å²) in [5.41, 5.74) is 1.26. The van der Waals surface area contributed by atoms with Crippen molar-refractivity contribution in [2.75, 3.05) is 43.8 Å². The van der Waals surface area contributed by atoms with Crippen molar-refractivity contribution in [3.63, 3.8) is 0 Å². The Balaban J connectivity index is 1.60. The Hall–Kier alpha value is -2.22. The molecule has 0 spiro atoms. The van der Waals surface area contributed by atoms with Crippen molar-refractivity contribution < 1.29 is 14.4 Å². The van der Waals surface area contributed by atoms with Gasteiger partial charge in [-0.25, -0.2) is 4.79 Å². The maximum Gasteiger partial charge on any atom is 0.317 e. The highest BCUT2D eigenvalue weighted by molar-refractivity contribution is 8.00. The van der Waals surface area contributed by atoms with Crippen molar-refractivity contribution in [1.82, 2.24) is 15.1 Å². The molecule has 4 amide bonds. The molecule has 1 fully saturated rings. The molecule has 0 atom stereocenters. The lowest BCUT2D eigenvalue weighted by atomic mass is 10.1. The molecule has 25 heavy (non-hydrogen) atoms. The summed E-state index contributed by atoms with van der Waals surface area (Å²) < 4.78 is 0. The quantitative estimate of drug-likeness (QED) is 0.856. The third-order valence-corrected chi connectivity index (χ3v) is 5.31. The van der Waals surface area contributed by atoms with E-state index in [1.165, 1.54) is 11.8 Å². The van der Waals surface area contributed by atoms with Crippen LogP contribution < -0.4 is 10.6 Å². The van der Waals surface area contributed by atoms with Gasteiger partial charge < -0.3 is 20.4 Å². The molecule has 1 saturated heterocycles. The average molecular weight is 362 g/mol. The van der Waals surface area contributed by atoms with Gasteiger partial charge in [0.2, 0.25) is 5.91 Å². The van der Waals surface area contributed by atoms with Crippen molar-refractivity contribution in [3.05, 3.63) is 23.8 Å². The smallest absolute Gasteiger partial charge is 0.317 e. The maximum absolute atomic E-state index is 12.7. The van der Waals surface area contributed by atoms with Crippen LogP contribution in [0.15, 0.2) is 23.1 Å². The molecule has 0 bridgehead atoms. The third kappa shape index (κ3) is 4.07. The fourth-order valence-electron chi connectivity index (χ4n) is 2.86. The minimum absolute atomic E-state index is 0.0474. The second-order valence-corrected chi connectivity index (χ2v) is 7.08. The van der Waals surface area contributed by atoms with Crippen LogP contribution in [-0.4, -0.2) is 66.1 Å². The van der Waals surface area contributed by atoms with Gasteiger partial charge in [-0.1, -0.05) is 6.92 Å². The summed E-state index contributed by atoms with van der Waals surface area (Å²) in [5, 5.41) is 5.67. The predicted molar refractivity (Wildman–Crippen MR) is 97.0 cm³/mol. The molecule has 0 unspecified atom stereocenters. The highest BCUT2D eigenvalue weighted by Gasteiger charge is 2.25. The Morgan fingerprint density at radius 2 is 1.92 bits per heavy atom. The van der Waals surface area contributed by atoms with Gasteiger partial charge in [0.15, 0.2) is 0 Å². The Kier molecular flexibility index (Phi) is 5.47. The lowest BCUT2D eigenvalue weighted by molar-refractivity contribution is -0.113. The summed E-state index contributed by atoms with van der Waals surface area (Å²) in [6.45, 7) is 4.75. The fraction of sp³-hybridized carbons (Fsp3) is 0.471. The van der Waals surface area contributed by atoms with Crippen LogP contribution in [-0.2, 0) is 4.79 Å². The van der Waals surface area contributed by atoms with Gasteiger partial charge in [-0.3, -0.25) is 9.59 Å². The third-order valence-electron chi connectivity index (χ3n) is 4.24. The Labute approximate surface area is 151 Å². The number of anilines is 1. The number of carbonyl (C=O) groups is 3. The number of carbonyl (C=O) groups excluding carboxylic acids is 3. The van der Waals surface area contributed by atoms with Gasteiger partial charge in [0, 0.05) is 43.2 Å². The van der Waals surface area contributed by atoms with Crippen molar-refractivity contribution in [2.24, 2.45) is 0 Å². The predicted octanol–water partition coefficient (Wildman–Crippen LogP) is 1.61. The molecule has 2 aliphatic heterocycles. The van der Waals surface area contributed by atoms with Gasteiger partial charge in [-0.15, -0.1) is 11.8 Å². The summed E-state index contributed by atoms with van der Waals surface area (Å²) in [5.74, 6) is 0.289. The highest BCUT2D eigenvalue weighted by atomic mass is 32.2. The Morgan fingerprint density at radius 1 is 1.20 bits per heavy atom. The first-order valence-electron chi connectivity index (χ1n) is 8.47. The average Bonchev–Trinajstić information content (AvgIpc) is 2.65. The molecule has 1 aromatic carbocycles. The van der Waals surface area contributed by atoms with E-state index in [-0.39, 0.29) is 17.8 Å². The number of hydrogen-bond acceptors (Lipinski definition) is 4. The number of hydrogen-bond donors (Lipinski definition) is 2. The number of fused-ring (bicyclic) bond motifs is 1. The molecule has 0 radical (unpaired) electrons. The minimum atomic E-state index is -0.0683. The molecule has 2 N–H and O–H groups in total. The maximum atomic E-state index is 12.7.